The third-order valence-electron chi connectivity index (χ3n) is 8.05. The van der Waals surface area contributed by atoms with Gasteiger partial charge in [0.25, 0.3) is 0 Å². The minimum absolute atomic E-state index is 0.0390. The molecule has 3 aromatic carbocycles. The fraction of sp³-hybridized carbons (Fsp3) is 0.294. The molecule has 2 N–H and O–H groups in total. The number of para-hydroxylation sites is 1. The van der Waals surface area contributed by atoms with E-state index in [1.165, 1.54) is 0 Å². The van der Waals surface area contributed by atoms with E-state index in [1.54, 1.807) is 0 Å². The maximum absolute atomic E-state index is 14.0. The van der Waals surface area contributed by atoms with Crippen LogP contribution in [0, 0.1) is 37.5 Å². The van der Waals surface area contributed by atoms with Crippen molar-refractivity contribution >= 4 is 39.0 Å². The number of nitrogens with two attached hydrogens (primary N) is 1. The standard InChI is InChI=1S/C34H33BrClN3O2/c1-19-10-11-23(36)14-27(19)39-28-15-34(4,5)16-29(40)32(28)31(25(17-37)33(39)38)24-13-22(20(2)12-21(24)3)18-41-30-9-7-6-8-26(30)35/h6-14,31H,15-16,18,38H2,1-5H3. The Bertz CT molecular complexity index is 1680. The van der Waals surface area contributed by atoms with Crippen LogP contribution in [-0.4, -0.2) is 5.78 Å². The highest BCUT2D eigenvalue weighted by Crippen LogP contribution is 2.51. The van der Waals surface area contributed by atoms with Gasteiger partial charge in [0.2, 0.25) is 0 Å². The van der Waals surface area contributed by atoms with Gasteiger partial charge < -0.3 is 10.5 Å². The Balaban J connectivity index is 1.69. The van der Waals surface area contributed by atoms with Gasteiger partial charge in [-0.05, 0) is 101 Å². The molecule has 0 bridgehead atoms. The van der Waals surface area contributed by atoms with E-state index >= 15 is 0 Å². The Morgan fingerprint density at radius 3 is 2.51 bits per heavy atom. The molecule has 0 amide bonds. The Morgan fingerprint density at radius 2 is 1.80 bits per heavy atom. The molecule has 0 spiro atoms. The normalized spacial score (nSPS) is 18.3. The van der Waals surface area contributed by atoms with Crippen LogP contribution < -0.4 is 15.4 Å². The number of ketones is 1. The fourth-order valence-electron chi connectivity index (χ4n) is 6.02. The second-order valence-electron chi connectivity index (χ2n) is 11.8. The first-order valence-corrected chi connectivity index (χ1v) is 14.8. The molecule has 1 aliphatic heterocycles. The molecule has 0 radical (unpaired) electrons. The van der Waals surface area contributed by atoms with Crippen molar-refractivity contribution in [1.82, 2.24) is 0 Å². The van der Waals surface area contributed by atoms with E-state index in [4.69, 9.17) is 22.1 Å². The van der Waals surface area contributed by atoms with Gasteiger partial charge in [0.1, 0.15) is 18.2 Å². The Labute approximate surface area is 255 Å². The van der Waals surface area contributed by atoms with Gasteiger partial charge in [-0.2, -0.15) is 5.26 Å². The predicted octanol–water partition coefficient (Wildman–Crippen LogP) is 8.55. The number of halogens is 2. The van der Waals surface area contributed by atoms with Gasteiger partial charge in [0.05, 0.1) is 27.7 Å². The number of carbonyl (C=O) groups is 1. The van der Waals surface area contributed by atoms with Gasteiger partial charge in [-0.1, -0.05) is 55.8 Å². The second-order valence-corrected chi connectivity index (χ2v) is 13.1. The first kappa shape index (κ1) is 29.0. The zero-order valence-corrected chi connectivity index (χ0v) is 26.3. The first-order chi connectivity index (χ1) is 19.4. The number of Topliss-reactive ketones (excluding diaryl/α,β-unsaturated/α-hetero) is 1. The highest BCUT2D eigenvalue weighted by Gasteiger charge is 2.45. The summed E-state index contributed by atoms with van der Waals surface area (Å²) in [5.74, 6) is 0.545. The number of allylic oxidation sites excluding steroid dienone is 3. The van der Waals surface area contributed by atoms with Gasteiger partial charge in [-0.3, -0.25) is 9.69 Å². The van der Waals surface area contributed by atoms with E-state index in [-0.39, 0.29) is 11.2 Å². The maximum atomic E-state index is 14.0. The van der Waals surface area contributed by atoms with Crippen LogP contribution >= 0.6 is 27.5 Å². The number of nitrogens with zero attached hydrogens (tertiary/aromatic N) is 2. The minimum Gasteiger partial charge on any atom is -0.488 e. The Kier molecular flexibility index (Phi) is 7.80. The van der Waals surface area contributed by atoms with Crippen molar-refractivity contribution in [3.63, 3.8) is 0 Å². The number of aryl methyl sites for hydroxylation is 3. The van der Waals surface area contributed by atoms with Crippen LogP contribution in [0.2, 0.25) is 5.02 Å². The molecule has 1 atom stereocenters. The topological polar surface area (TPSA) is 79.4 Å². The molecule has 1 heterocycles. The SMILES string of the molecule is Cc1cc(C)c(C2C(C#N)=C(N)N(c3cc(Cl)ccc3C)C3=C2C(=O)CC(C)(C)C3)cc1COc1ccccc1Br. The number of rotatable bonds is 5. The van der Waals surface area contributed by atoms with Crippen LogP contribution in [0.25, 0.3) is 0 Å². The van der Waals surface area contributed by atoms with Crippen molar-refractivity contribution in [3.05, 3.63) is 115 Å². The third kappa shape index (κ3) is 5.41. The van der Waals surface area contributed by atoms with Crippen molar-refractivity contribution in [3.8, 4) is 11.8 Å². The van der Waals surface area contributed by atoms with Crippen molar-refractivity contribution < 1.29 is 9.53 Å². The quantitative estimate of drug-likeness (QED) is 0.306. The summed E-state index contributed by atoms with van der Waals surface area (Å²) >= 11 is 9.98. The van der Waals surface area contributed by atoms with Crippen molar-refractivity contribution in [2.45, 2.75) is 60.0 Å². The van der Waals surface area contributed by atoms with E-state index in [2.05, 4.69) is 54.9 Å². The van der Waals surface area contributed by atoms with E-state index < -0.39 is 5.92 Å². The zero-order valence-electron chi connectivity index (χ0n) is 23.9. The van der Waals surface area contributed by atoms with Crippen molar-refractivity contribution in [2.75, 3.05) is 4.90 Å². The van der Waals surface area contributed by atoms with Gasteiger partial charge in [0, 0.05) is 22.7 Å². The van der Waals surface area contributed by atoms with Crippen LogP contribution in [-0.2, 0) is 11.4 Å². The molecule has 210 valence electrons. The highest BCUT2D eigenvalue weighted by atomic mass is 79.9. The summed E-state index contributed by atoms with van der Waals surface area (Å²) in [5, 5.41) is 11.1. The Hall–Kier alpha value is -3.53. The molecule has 41 heavy (non-hydrogen) atoms. The summed E-state index contributed by atoms with van der Waals surface area (Å²) in [6, 6.07) is 19.9. The predicted molar refractivity (Wildman–Crippen MR) is 168 cm³/mol. The third-order valence-corrected chi connectivity index (χ3v) is 8.94. The summed E-state index contributed by atoms with van der Waals surface area (Å²) in [6.45, 7) is 10.6. The van der Waals surface area contributed by atoms with Gasteiger partial charge >= 0.3 is 0 Å². The molecule has 2 aliphatic rings. The van der Waals surface area contributed by atoms with E-state index in [0.29, 0.717) is 41.4 Å². The van der Waals surface area contributed by atoms with Crippen LogP contribution in [0.4, 0.5) is 5.69 Å². The highest BCUT2D eigenvalue weighted by molar-refractivity contribution is 9.10. The lowest BCUT2D eigenvalue weighted by Crippen LogP contribution is -2.42. The van der Waals surface area contributed by atoms with E-state index in [9.17, 15) is 10.1 Å². The van der Waals surface area contributed by atoms with Crippen LogP contribution in [0.15, 0.2) is 81.7 Å². The molecule has 3 aromatic rings. The largest absolute Gasteiger partial charge is 0.488 e. The zero-order chi connectivity index (χ0) is 29.6. The van der Waals surface area contributed by atoms with E-state index in [0.717, 1.165) is 49.4 Å². The van der Waals surface area contributed by atoms with Crippen molar-refractivity contribution in [1.29, 1.82) is 5.26 Å². The molecule has 0 saturated heterocycles. The molecule has 0 fully saturated rings. The molecule has 1 unspecified atom stereocenters. The molecular weight excluding hydrogens is 598 g/mol. The summed E-state index contributed by atoms with van der Waals surface area (Å²) < 4.78 is 7.04. The number of carbonyl (C=O) groups excluding carboxylic acids is 1. The number of hydrogen-bond donors (Lipinski definition) is 1. The molecule has 7 heteroatoms. The van der Waals surface area contributed by atoms with Gasteiger partial charge in [-0.25, -0.2) is 0 Å². The Morgan fingerprint density at radius 1 is 1.07 bits per heavy atom. The second kappa shape index (κ2) is 11.0. The van der Waals surface area contributed by atoms with Gasteiger partial charge in [0.15, 0.2) is 5.78 Å². The minimum atomic E-state index is -0.572. The molecule has 5 rings (SSSR count). The summed E-state index contributed by atoms with van der Waals surface area (Å²) in [4.78, 5) is 15.9. The monoisotopic (exact) mass is 629 g/mol. The number of anilines is 1. The molecule has 0 saturated carbocycles. The average Bonchev–Trinajstić information content (AvgIpc) is 2.89. The van der Waals surface area contributed by atoms with Crippen LogP contribution in [0.3, 0.4) is 0 Å². The fourth-order valence-corrected chi connectivity index (χ4v) is 6.58. The van der Waals surface area contributed by atoms with Gasteiger partial charge in [-0.15, -0.1) is 0 Å². The number of hydrogen-bond acceptors (Lipinski definition) is 5. The summed E-state index contributed by atoms with van der Waals surface area (Å²) in [7, 11) is 0. The molecule has 0 aromatic heterocycles. The lowest BCUT2D eigenvalue weighted by Gasteiger charge is -2.44. The van der Waals surface area contributed by atoms with E-state index in [1.807, 2.05) is 61.2 Å². The average molecular weight is 631 g/mol. The molecular formula is C34H33BrClN3O2. The first-order valence-electron chi connectivity index (χ1n) is 13.6. The smallest absolute Gasteiger partial charge is 0.162 e. The summed E-state index contributed by atoms with van der Waals surface area (Å²) in [6.07, 6.45) is 1.03. The summed E-state index contributed by atoms with van der Waals surface area (Å²) in [5.41, 5.74) is 14.1. The number of nitriles is 1. The molecule has 5 nitrogen and oxygen atoms in total. The lowest BCUT2D eigenvalue weighted by atomic mass is 9.68. The number of ether oxygens (including phenoxy) is 1. The lowest BCUT2D eigenvalue weighted by molar-refractivity contribution is -0.118. The van der Waals surface area contributed by atoms with Crippen LogP contribution in [0.1, 0.15) is 60.4 Å². The van der Waals surface area contributed by atoms with Crippen molar-refractivity contribution in [2.24, 2.45) is 11.1 Å². The maximum Gasteiger partial charge on any atom is 0.162 e. The molecule has 1 aliphatic carbocycles. The van der Waals surface area contributed by atoms with Crippen LogP contribution in [0.5, 0.6) is 5.75 Å². The number of benzene rings is 3.